The van der Waals surface area contributed by atoms with Crippen molar-refractivity contribution in [1.82, 2.24) is 9.59 Å². The summed E-state index contributed by atoms with van der Waals surface area (Å²) in [5, 5.41) is 14.8. The van der Waals surface area contributed by atoms with Gasteiger partial charge < -0.3 is 5.11 Å². The van der Waals surface area contributed by atoms with Crippen molar-refractivity contribution in [3.05, 3.63) is 10.6 Å². The maximum absolute atomic E-state index is 10.6. The van der Waals surface area contributed by atoms with E-state index < -0.39 is 0 Å². The zero-order chi connectivity index (χ0) is 13.1. The third kappa shape index (κ3) is 3.09. The van der Waals surface area contributed by atoms with Crippen molar-refractivity contribution in [2.45, 2.75) is 59.0 Å². The molecule has 1 aromatic rings. The maximum atomic E-state index is 10.6. The average Bonchev–Trinajstić information content (AvgIpc) is 2.75. The summed E-state index contributed by atoms with van der Waals surface area (Å²) in [5.41, 5.74) is 1.01. The Balaban J connectivity index is 2.09. The van der Waals surface area contributed by atoms with Crippen LogP contribution in [0, 0.1) is 17.8 Å². The van der Waals surface area contributed by atoms with Gasteiger partial charge in [-0.1, -0.05) is 31.7 Å². The summed E-state index contributed by atoms with van der Waals surface area (Å²) in [7, 11) is 0. The third-order valence-corrected chi connectivity index (χ3v) is 4.84. The van der Waals surface area contributed by atoms with E-state index in [0.717, 1.165) is 48.1 Å². The van der Waals surface area contributed by atoms with E-state index in [9.17, 15) is 5.11 Å². The topological polar surface area (TPSA) is 46.0 Å². The number of aryl methyl sites for hydroxylation is 1. The van der Waals surface area contributed by atoms with Gasteiger partial charge in [0.05, 0.1) is 16.7 Å². The Labute approximate surface area is 114 Å². The molecule has 1 fully saturated rings. The van der Waals surface area contributed by atoms with Gasteiger partial charge in [0, 0.05) is 0 Å². The first-order chi connectivity index (χ1) is 8.61. The molecule has 3 nitrogen and oxygen atoms in total. The first-order valence-electron chi connectivity index (χ1n) is 7.11. The first-order valence-corrected chi connectivity index (χ1v) is 7.88. The fourth-order valence-corrected chi connectivity index (χ4v) is 4.11. The molecule has 102 valence electrons. The van der Waals surface area contributed by atoms with Crippen molar-refractivity contribution in [2.75, 3.05) is 0 Å². The molecule has 0 bridgehead atoms. The normalized spacial score (nSPS) is 30.3. The lowest BCUT2D eigenvalue weighted by Gasteiger charge is -2.34. The van der Waals surface area contributed by atoms with E-state index in [4.69, 9.17) is 0 Å². The molecule has 0 aliphatic heterocycles. The van der Waals surface area contributed by atoms with Crippen LogP contribution in [0.5, 0.6) is 0 Å². The van der Waals surface area contributed by atoms with Crippen LogP contribution in [0.3, 0.4) is 0 Å². The van der Waals surface area contributed by atoms with Crippen molar-refractivity contribution < 1.29 is 5.11 Å². The molecule has 1 aliphatic rings. The Morgan fingerprint density at radius 3 is 2.56 bits per heavy atom. The standard InChI is InChI=1S/C14H24N2OS/c1-4-5-12-14(18-16-15-12)13(17)11-7-9(2)6-10(3)8-11/h9-11,13,17H,4-8H2,1-3H3. The zero-order valence-electron chi connectivity index (χ0n) is 11.6. The highest BCUT2D eigenvalue weighted by Crippen LogP contribution is 2.41. The second-order valence-corrected chi connectivity index (χ2v) is 6.74. The lowest BCUT2D eigenvalue weighted by atomic mass is 9.74. The Morgan fingerprint density at radius 1 is 1.28 bits per heavy atom. The second kappa shape index (κ2) is 6.11. The monoisotopic (exact) mass is 268 g/mol. The predicted octanol–water partition coefficient (Wildman–Crippen LogP) is 3.60. The highest BCUT2D eigenvalue weighted by atomic mass is 32.1. The molecule has 4 heteroatoms. The van der Waals surface area contributed by atoms with E-state index in [1.807, 2.05) is 0 Å². The van der Waals surface area contributed by atoms with Gasteiger partial charge >= 0.3 is 0 Å². The van der Waals surface area contributed by atoms with Crippen LogP contribution in [0.15, 0.2) is 0 Å². The molecular formula is C14H24N2OS. The predicted molar refractivity (Wildman–Crippen MR) is 74.5 cm³/mol. The smallest absolute Gasteiger partial charge is 0.0945 e. The minimum absolute atomic E-state index is 0.350. The quantitative estimate of drug-likeness (QED) is 0.907. The number of rotatable bonds is 4. The molecule has 18 heavy (non-hydrogen) atoms. The minimum Gasteiger partial charge on any atom is -0.387 e. The van der Waals surface area contributed by atoms with Crippen molar-refractivity contribution in [3.63, 3.8) is 0 Å². The Bertz CT molecular complexity index is 370. The van der Waals surface area contributed by atoms with Crippen LogP contribution in [0.4, 0.5) is 0 Å². The van der Waals surface area contributed by atoms with E-state index in [1.54, 1.807) is 0 Å². The number of aromatic nitrogens is 2. The summed E-state index contributed by atoms with van der Waals surface area (Å²) >= 11 is 1.38. The molecule has 0 radical (unpaired) electrons. The van der Waals surface area contributed by atoms with E-state index in [-0.39, 0.29) is 6.10 Å². The van der Waals surface area contributed by atoms with Crippen LogP contribution in [0.2, 0.25) is 0 Å². The van der Waals surface area contributed by atoms with Crippen molar-refractivity contribution in [2.24, 2.45) is 17.8 Å². The lowest BCUT2D eigenvalue weighted by molar-refractivity contribution is 0.0569. The molecule has 3 unspecified atom stereocenters. The summed E-state index contributed by atoms with van der Waals surface area (Å²) in [4.78, 5) is 1.02. The van der Waals surface area contributed by atoms with Crippen LogP contribution in [0.1, 0.15) is 63.1 Å². The van der Waals surface area contributed by atoms with Crippen LogP contribution in [-0.2, 0) is 6.42 Å². The van der Waals surface area contributed by atoms with E-state index >= 15 is 0 Å². The fourth-order valence-electron chi connectivity index (χ4n) is 3.33. The van der Waals surface area contributed by atoms with Crippen molar-refractivity contribution in [1.29, 1.82) is 0 Å². The van der Waals surface area contributed by atoms with Gasteiger partial charge in [-0.15, -0.1) is 5.10 Å². The Kier molecular flexibility index (Phi) is 4.73. The number of nitrogens with zero attached hydrogens (tertiary/aromatic N) is 2. The van der Waals surface area contributed by atoms with Gasteiger partial charge in [0.1, 0.15) is 0 Å². The molecule has 0 saturated heterocycles. The van der Waals surface area contributed by atoms with E-state index in [2.05, 4.69) is 30.4 Å². The summed E-state index contributed by atoms with van der Waals surface area (Å²) in [6, 6.07) is 0. The third-order valence-electron chi connectivity index (χ3n) is 4.00. The zero-order valence-corrected chi connectivity index (χ0v) is 12.4. The summed E-state index contributed by atoms with van der Waals surface area (Å²) < 4.78 is 4.03. The van der Waals surface area contributed by atoms with E-state index in [0.29, 0.717) is 5.92 Å². The van der Waals surface area contributed by atoms with Gasteiger partial charge in [0.2, 0.25) is 0 Å². The van der Waals surface area contributed by atoms with Crippen molar-refractivity contribution in [3.8, 4) is 0 Å². The number of hydrogen-bond donors (Lipinski definition) is 1. The molecule has 1 aromatic heterocycles. The van der Waals surface area contributed by atoms with Crippen LogP contribution >= 0.6 is 11.5 Å². The number of hydrogen-bond acceptors (Lipinski definition) is 4. The second-order valence-electron chi connectivity index (χ2n) is 5.96. The molecule has 1 heterocycles. The molecule has 0 aromatic carbocycles. The molecule has 3 atom stereocenters. The van der Waals surface area contributed by atoms with E-state index in [1.165, 1.54) is 18.0 Å². The molecule has 2 rings (SSSR count). The highest BCUT2D eigenvalue weighted by Gasteiger charge is 2.32. The minimum atomic E-state index is -0.350. The lowest BCUT2D eigenvalue weighted by Crippen LogP contribution is -2.24. The molecule has 1 N–H and O–H groups in total. The average molecular weight is 268 g/mol. The number of aliphatic hydroxyl groups excluding tert-OH is 1. The van der Waals surface area contributed by atoms with Gasteiger partial charge in [-0.2, -0.15) is 0 Å². The van der Waals surface area contributed by atoms with Gasteiger partial charge in [0.25, 0.3) is 0 Å². The van der Waals surface area contributed by atoms with Crippen LogP contribution in [-0.4, -0.2) is 14.7 Å². The molecule has 1 saturated carbocycles. The SMILES string of the molecule is CCCc1nnsc1C(O)C1CC(C)CC(C)C1. The van der Waals surface area contributed by atoms with Gasteiger partial charge in [-0.25, -0.2) is 0 Å². The summed E-state index contributed by atoms with van der Waals surface area (Å²) in [6.07, 6.45) is 5.20. The molecule has 0 spiro atoms. The van der Waals surface area contributed by atoms with Crippen LogP contribution < -0.4 is 0 Å². The highest BCUT2D eigenvalue weighted by molar-refractivity contribution is 7.05. The van der Waals surface area contributed by atoms with Gasteiger partial charge in [0.15, 0.2) is 0 Å². The first kappa shape index (κ1) is 13.9. The Hall–Kier alpha value is -0.480. The molecule has 0 amide bonds. The van der Waals surface area contributed by atoms with Gasteiger partial charge in [-0.05, 0) is 55.0 Å². The van der Waals surface area contributed by atoms with Crippen molar-refractivity contribution >= 4 is 11.5 Å². The van der Waals surface area contributed by atoms with Crippen LogP contribution in [0.25, 0.3) is 0 Å². The van der Waals surface area contributed by atoms with Gasteiger partial charge in [-0.3, -0.25) is 0 Å². The summed E-state index contributed by atoms with van der Waals surface area (Å²) in [6.45, 7) is 6.74. The molecular weight excluding hydrogens is 244 g/mol. The summed E-state index contributed by atoms with van der Waals surface area (Å²) in [5.74, 6) is 1.84. The number of aliphatic hydroxyl groups is 1. The maximum Gasteiger partial charge on any atom is 0.0945 e. The molecule has 1 aliphatic carbocycles. The largest absolute Gasteiger partial charge is 0.387 e. The fraction of sp³-hybridized carbons (Fsp3) is 0.857. The Morgan fingerprint density at radius 2 is 1.94 bits per heavy atom.